The summed E-state index contributed by atoms with van der Waals surface area (Å²) in [6, 6.07) is 0. The van der Waals surface area contributed by atoms with Gasteiger partial charge in [-0.3, -0.25) is 0 Å². The van der Waals surface area contributed by atoms with Crippen molar-refractivity contribution in [2.45, 2.75) is 25.7 Å². The molecule has 112 valence electrons. The number of anilines is 3. The molecular weight excluding hydrogens is 272 g/mol. The van der Waals surface area contributed by atoms with Crippen LogP contribution >= 0.6 is 11.8 Å². The van der Waals surface area contributed by atoms with E-state index >= 15 is 0 Å². The first kappa shape index (κ1) is 15.2. The van der Waals surface area contributed by atoms with Crippen LogP contribution in [0.2, 0.25) is 0 Å². The van der Waals surface area contributed by atoms with Crippen molar-refractivity contribution in [3.8, 4) is 0 Å². The van der Waals surface area contributed by atoms with Gasteiger partial charge in [-0.2, -0.15) is 26.7 Å². The summed E-state index contributed by atoms with van der Waals surface area (Å²) in [4.78, 5) is 15.6. The lowest BCUT2D eigenvalue weighted by atomic mass is 10.3. The summed E-state index contributed by atoms with van der Waals surface area (Å²) in [5, 5.41) is 6.31. The summed E-state index contributed by atoms with van der Waals surface area (Å²) in [6.07, 6.45) is 6.94. The summed E-state index contributed by atoms with van der Waals surface area (Å²) in [6.45, 7) is 2.99. The molecule has 1 aliphatic heterocycles. The first-order valence-corrected chi connectivity index (χ1v) is 8.64. The van der Waals surface area contributed by atoms with Crippen molar-refractivity contribution in [3.05, 3.63) is 0 Å². The Morgan fingerprint density at radius 1 is 1.10 bits per heavy atom. The monoisotopic (exact) mass is 296 g/mol. The van der Waals surface area contributed by atoms with Crippen LogP contribution in [0.1, 0.15) is 25.7 Å². The Kier molecular flexibility index (Phi) is 6.17. The van der Waals surface area contributed by atoms with Gasteiger partial charge in [0.05, 0.1) is 0 Å². The number of hydrogen-bond acceptors (Lipinski definition) is 7. The average molecular weight is 296 g/mol. The molecule has 6 nitrogen and oxygen atoms in total. The number of thioether (sulfide) groups is 1. The molecule has 1 saturated heterocycles. The van der Waals surface area contributed by atoms with Gasteiger partial charge in [0.15, 0.2) is 0 Å². The van der Waals surface area contributed by atoms with Gasteiger partial charge in [0.1, 0.15) is 0 Å². The van der Waals surface area contributed by atoms with Crippen LogP contribution in [0, 0.1) is 0 Å². The predicted molar refractivity (Wildman–Crippen MR) is 86.9 cm³/mol. The fourth-order valence-corrected chi connectivity index (χ4v) is 2.68. The van der Waals surface area contributed by atoms with Gasteiger partial charge in [-0.05, 0) is 37.7 Å². The van der Waals surface area contributed by atoms with Crippen molar-refractivity contribution >= 4 is 29.6 Å². The highest BCUT2D eigenvalue weighted by Gasteiger charge is 2.16. The van der Waals surface area contributed by atoms with Crippen molar-refractivity contribution in [2.24, 2.45) is 0 Å². The number of unbranched alkanes of at least 4 members (excludes halogenated alkanes) is 1. The zero-order valence-electron chi connectivity index (χ0n) is 12.4. The molecule has 0 radical (unpaired) electrons. The largest absolute Gasteiger partial charge is 0.357 e. The van der Waals surface area contributed by atoms with Crippen LogP contribution < -0.4 is 15.5 Å². The molecule has 7 heteroatoms. The van der Waals surface area contributed by atoms with Crippen LogP contribution in [-0.2, 0) is 0 Å². The summed E-state index contributed by atoms with van der Waals surface area (Å²) in [7, 11) is 1.84. The Morgan fingerprint density at radius 3 is 2.55 bits per heavy atom. The van der Waals surface area contributed by atoms with Gasteiger partial charge in [0.2, 0.25) is 17.8 Å². The summed E-state index contributed by atoms with van der Waals surface area (Å²) in [5.74, 6) is 3.30. The van der Waals surface area contributed by atoms with Crippen LogP contribution in [0.5, 0.6) is 0 Å². The van der Waals surface area contributed by atoms with Gasteiger partial charge in [-0.15, -0.1) is 0 Å². The first-order valence-electron chi connectivity index (χ1n) is 7.25. The molecule has 0 aromatic carbocycles. The molecule has 2 N–H and O–H groups in total. The number of hydrogen-bond donors (Lipinski definition) is 2. The second-order valence-corrected chi connectivity index (χ2v) is 5.84. The number of nitrogens with zero attached hydrogens (tertiary/aromatic N) is 4. The molecule has 0 bridgehead atoms. The molecule has 0 amide bonds. The normalized spacial score (nSPS) is 14.6. The summed E-state index contributed by atoms with van der Waals surface area (Å²) < 4.78 is 0. The van der Waals surface area contributed by atoms with Crippen molar-refractivity contribution in [1.82, 2.24) is 15.0 Å². The lowest BCUT2D eigenvalue weighted by Crippen LogP contribution is -2.22. The average Bonchev–Trinajstić information content (AvgIpc) is 3.01. The minimum absolute atomic E-state index is 0.633. The van der Waals surface area contributed by atoms with Gasteiger partial charge in [0.25, 0.3) is 0 Å². The van der Waals surface area contributed by atoms with Gasteiger partial charge in [-0.1, -0.05) is 0 Å². The molecule has 1 aromatic heterocycles. The van der Waals surface area contributed by atoms with Gasteiger partial charge in [-0.25, -0.2) is 0 Å². The Bertz CT molecular complexity index is 408. The van der Waals surface area contributed by atoms with E-state index in [0.717, 1.165) is 32.0 Å². The smallest absolute Gasteiger partial charge is 0.231 e. The highest BCUT2D eigenvalue weighted by Crippen LogP contribution is 2.18. The molecule has 0 atom stereocenters. The van der Waals surface area contributed by atoms with Crippen LogP contribution in [0.15, 0.2) is 0 Å². The Morgan fingerprint density at radius 2 is 1.85 bits per heavy atom. The van der Waals surface area contributed by atoms with E-state index in [4.69, 9.17) is 0 Å². The summed E-state index contributed by atoms with van der Waals surface area (Å²) >= 11 is 1.89. The van der Waals surface area contributed by atoms with E-state index in [9.17, 15) is 0 Å². The fraction of sp³-hybridized carbons (Fsp3) is 0.769. The third kappa shape index (κ3) is 4.40. The molecule has 1 aliphatic rings. The predicted octanol–water partition coefficient (Wildman–Crippen LogP) is 2.07. The zero-order valence-corrected chi connectivity index (χ0v) is 13.2. The minimum atomic E-state index is 0.633. The molecule has 0 saturated carbocycles. The van der Waals surface area contributed by atoms with E-state index in [-0.39, 0.29) is 0 Å². The zero-order chi connectivity index (χ0) is 14.2. The lowest BCUT2D eigenvalue weighted by Gasteiger charge is -2.16. The molecule has 0 aliphatic carbocycles. The van der Waals surface area contributed by atoms with Crippen LogP contribution in [-0.4, -0.2) is 53.6 Å². The quantitative estimate of drug-likeness (QED) is 0.712. The standard InChI is InChI=1S/C13H24N6S/c1-14-11-16-12(15-7-3-6-10-20-2)18-13(17-11)19-8-4-5-9-19/h3-10H2,1-2H3,(H2,14,15,16,17,18). The molecular formula is C13H24N6S. The molecule has 20 heavy (non-hydrogen) atoms. The topological polar surface area (TPSA) is 66.0 Å². The van der Waals surface area contributed by atoms with E-state index in [0.29, 0.717) is 11.9 Å². The third-order valence-corrected chi connectivity index (χ3v) is 3.99. The number of nitrogens with one attached hydrogen (secondary N) is 2. The third-order valence-electron chi connectivity index (χ3n) is 3.29. The lowest BCUT2D eigenvalue weighted by molar-refractivity contribution is 0.826. The second kappa shape index (κ2) is 8.14. The Hall–Kier alpha value is -1.24. The van der Waals surface area contributed by atoms with Crippen molar-refractivity contribution in [2.75, 3.05) is 54.2 Å². The first-order chi connectivity index (χ1) is 9.83. The number of aromatic nitrogens is 3. The molecule has 1 fully saturated rings. The molecule has 2 rings (SSSR count). The van der Waals surface area contributed by atoms with Crippen LogP contribution in [0.3, 0.4) is 0 Å². The van der Waals surface area contributed by atoms with Crippen molar-refractivity contribution in [3.63, 3.8) is 0 Å². The van der Waals surface area contributed by atoms with Crippen molar-refractivity contribution < 1.29 is 0 Å². The molecule has 0 spiro atoms. The number of rotatable bonds is 8. The maximum absolute atomic E-state index is 4.53. The highest BCUT2D eigenvalue weighted by molar-refractivity contribution is 7.98. The van der Waals surface area contributed by atoms with E-state index < -0.39 is 0 Å². The molecule has 0 unspecified atom stereocenters. The minimum Gasteiger partial charge on any atom is -0.357 e. The molecule has 1 aromatic rings. The van der Waals surface area contributed by atoms with Gasteiger partial charge < -0.3 is 15.5 Å². The van der Waals surface area contributed by atoms with Gasteiger partial charge >= 0.3 is 0 Å². The highest BCUT2D eigenvalue weighted by atomic mass is 32.2. The second-order valence-electron chi connectivity index (χ2n) is 4.85. The Labute approximate surface area is 125 Å². The maximum Gasteiger partial charge on any atom is 0.231 e. The van der Waals surface area contributed by atoms with Crippen LogP contribution in [0.4, 0.5) is 17.8 Å². The van der Waals surface area contributed by atoms with Gasteiger partial charge in [0, 0.05) is 26.7 Å². The SMILES string of the molecule is CNc1nc(NCCCCSC)nc(N2CCCC2)n1. The van der Waals surface area contributed by atoms with Crippen molar-refractivity contribution in [1.29, 1.82) is 0 Å². The van der Waals surface area contributed by atoms with E-state index in [1.165, 1.54) is 25.0 Å². The maximum atomic E-state index is 4.53. The fourth-order valence-electron chi connectivity index (χ4n) is 2.19. The van der Waals surface area contributed by atoms with E-state index in [2.05, 4.69) is 36.7 Å². The van der Waals surface area contributed by atoms with E-state index in [1.54, 1.807) is 0 Å². The Balaban J connectivity index is 1.94. The van der Waals surface area contributed by atoms with Crippen LogP contribution in [0.25, 0.3) is 0 Å². The summed E-state index contributed by atoms with van der Waals surface area (Å²) in [5.41, 5.74) is 0. The molecule has 2 heterocycles. The van der Waals surface area contributed by atoms with E-state index in [1.807, 2.05) is 18.8 Å².